The van der Waals surface area contributed by atoms with Gasteiger partial charge in [0.1, 0.15) is 12.4 Å². The number of dihydropyridines is 1. The second kappa shape index (κ2) is 7.93. The zero-order valence-corrected chi connectivity index (χ0v) is 16.3. The summed E-state index contributed by atoms with van der Waals surface area (Å²) in [7, 11) is 1.42. The van der Waals surface area contributed by atoms with E-state index in [1.807, 2.05) is 36.5 Å². The Morgan fingerprint density at radius 1 is 1.18 bits per heavy atom. The third-order valence-electron chi connectivity index (χ3n) is 5.53. The summed E-state index contributed by atoms with van der Waals surface area (Å²) in [5.41, 5.74) is 6.46. The average Bonchev–Trinajstić information content (AvgIpc) is 3.20. The highest BCUT2D eigenvalue weighted by Crippen LogP contribution is 2.38. The fourth-order valence-electron chi connectivity index (χ4n) is 3.98. The van der Waals surface area contributed by atoms with E-state index >= 15 is 0 Å². The maximum Gasteiger partial charge on any atom is 0.338 e. The highest BCUT2D eigenvalue weighted by molar-refractivity contribution is 5.98. The molecule has 0 fully saturated rings. The van der Waals surface area contributed by atoms with Crippen LogP contribution in [0, 0.1) is 0 Å². The first-order chi connectivity index (χ1) is 13.7. The Labute approximate surface area is 165 Å². The Morgan fingerprint density at radius 3 is 2.86 bits per heavy atom. The predicted octanol–water partition coefficient (Wildman–Crippen LogP) is 4.44. The Bertz CT molecular complexity index is 958. The van der Waals surface area contributed by atoms with Gasteiger partial charge < -0.3 is 14.8 Å². The summed E-state index contributed by atoms with van der Waals surface area (Å²) in [5, 5.41) is 3.33. The van der Waals surface area contributed by atoms with Gasteiger partial charge in [0.15, 0.2) is 0 Å². The van der Waals surface area contributed by atoms with E-state index in [1.165, 1.54) is 23.8 Å². The molecule has 1 aliphatic carbocycles. The van der Waals surface area contributed by atoms with Crippen molar-refractivity contribution in [1.82, 2.24) is 5.32 Å². The second-order valence-corrected chi connectivity index (χ2v) is 7.30. The number of carbonyl (C=O) groups excluding carboxylic acids is 1. The molecule has 0 spiro atoms. The molecule has 28 heavy (non-hydrogen) atoms. The van der Waals surface area contributed by atoms with Crippen molar-refractivity contribution in [2.75, 3.05) is 13.7 Å². The smallest absolute Gasteiger partial charge is 0.338 e. The van der Waals surface area contributed by atoms with Crippen LogP contribution in [0.2, 0.25) is 0 Å². The lowest BCUT2D eigenvalue weighted by molar-refractivity contribution is 0.0601. The zero-order chi connectivity index (χ0) is 19.5. The number of benzene rings is 2. The van der Waals surface area contributed by atoms with Gasteiger partial charge in [-0.1, -0.05) is 24.3 Å². The molecule has 2 aromatic rings. The fraction of sp³-hybridized carbons (Fsp3) is 0.292. The molecule has 1 heterocycles. The average molecular weight is 375 g/mol. The number of rotatable bonds is 5. The summed E-state index contributed by atoms with van der Waals surface area (Å²) in [5.74, 6) is 0.534. The third-order valence-corrected chi connectivity index (χ3v) is 5.53. The van der Waals surface area contributed by atoms with Crippen molar-refractivity contribution in [3.05, 3.63) is 77.0 Å². The van der Waals surface area contributed by atoms with Crippen LogP contribution in [-0.4, -0.2) is 25.7 Å². The van der Waals surface area contributed by atoms with E-state index in [4.69, 9.17) is 9.47 Å². The third kappa shape index (κ3) is 3.55. The normalized spacial score (nSPS) is 17.5. The first-order valence-electron chi connectivity index (χ1n) is 9.73. The summed E-state index contributed by atoms with van der Waals surface area (Å²) in [6.45, 7) is 2.66. The van der Waals surface area contributed by atoms with Crippen LogP contribution in [0.1, 0.15) is 34.8 Å². The van der Waals surface area contributed by atoms with Crippen molar-refractivity contribution in [2.24, 2.45) is 0 Å². The minimum absolute atomic E-state index is 0.170. The van der Waals surface area contributed by atoms with Gasteiger partial charge in [-0.2, -0.15) is 0 Å². The summed E-state index contributed by atoms with van der Waals surface area (Å²) in [6.07, 6.45) is 9.25. The molecular formula is C24H25NO3. The predicted molar refractivity (Wildman–Crippen MR) is 111 cm³/mol. The van der Waals surface area contributed by atoms with Crippen LogP contribution < -0.4 is 10.1 Å². The van der Waals surface area contributed by atoms with E-state index in [9.17, 15) is 4.79 Å². The molecule has 0 amide bonds. The molecule has 0 aromatic heterocycles. The van der Waals surface area contributed by atoms with Crippen molar-refractivity contribution < 1.29 is 14.3 Å². The van der Waals surface area contributed by atoms with Gasteiger partial charge in [0, 0.05) is 0 Å². The summed E-state index contributed by atoms with van der Waals surface area (Å²) in [6, 6.07) is 12.0. The number of hydrogen-bond donors (Lipinski definition) is 1. The maximum absolute atomic E-state index is 12.3. The number of esters is 1. The number of aryl methyl sites for hydroxylation is 1. The van der Waals surface area contributed by atoms with E-state index in [0.29, 0.717) is 12.2 Å². The minimum Gasteiger partial charge on any atom is -0.491 e. The van der Waals surface area contributed by atoms with Gasteiger partial charge in [-0.3, -0.25) is 0 Å². The standard InChI is InChI=1S/C24H25NO3/c1-16-7-6-12-25-23(16)15-28-18-13-17-8-5-11-19(17)22(14-18)20-9-3-4-10-21(20)24(26)27-2/h3-4,6-7,9-10,12-14,23,25H,5,8,11,15H2,1-2H3. The van der Waals surface area contributed by atoms with Crippen LogP contribution in [0.25, 0.3) is 11.1 Å². The monoisotopic (exact) mass is 375 g/mol. The Kier molecular flexibility index (Phi) is 5.20. The summed E-state index contributed by atoms with van der Waals surface area (Å²) >= 11 is 0. The van der Waals surface area contributed by atoms with Crippen LogP contribution in [0.3, 0.4) is 0 Å². The first-order valence-corrected chi connectivity index (χ1v) is 9.73. The number of allylic oxidation sites excluding steroid dienone is 2. The van der Waals surface area contributed by atoms with Gasteiger partial charge >= 0.3 is 5.97 Å². The van der Waals surface area contributed by atoms with Crippen LogP contribution in [0.4, 0.5) is 0 Å². The van der Waals surface area contributed by atoms with Gasteiger partial charge in [0.2, 0.25) is 0 Å². The molecule has 4 heteroatoms. The van der Waals surface area contributed by atoms with Crippen molar-refractivity contribution >= 4 is 5.97 Å². The van der Waals surface area contributed by atoms with Crippen LogP contribution in [0.15, 0.2) is 60.3 Å². The van der Waals surface area contributed by atoms with E-state index < -0.39 is 0 Å². The number of hydrogen-bond acceptors (Lipinski definition) is 4. The zero-order valence-electron chi connectivity index (χ0n) is 16.3. The number of fused-ring (bicyclic) bond motifs is 1. The van der Waals surface area contributed by atoms with E-state index in [0.717, 1.165) is 36.1 Å². The minimum atomic E-state index is -0.312. The second-order valence-electron chi connectivity index (χ2n) is 7.30. The first kappa shape index (κ1) is 18.4. The van der Waals surface area contributed by atoms with Gasteiger partial charge in [0.25, 0.3) is 0 Å². The van der Waals surface area contributed by atoms with Crippen molar-refractivity contribution in [3.8, 4) is 16.9 Å². The number of carbonyl (C=O) groups is 1. The SMILES string of the molecule is COC(=O)c1ccccc1-c1cc(OCC2NC=CC=C2C)cc2c1CCC2. The molecule has 2 aliphatic rings. The van der Waals surface area contributed by atoms with Gasteiger partial charge in [-0.05, 0) is 84.5 Å². The molecule has 1 atom stereocenters. The lowest BCUT2D eigenvalue weighted by Gasteiger charge is -2.22. The van der Waals surface area contributed by atoms with Gasteiger partial charge in [0.05, 0.1) is 18.7 Å². The van der Waals surface area contributed by atoms with Crippen molar-refractivity contribution in [2.45, 2.75) is 32.2 Å². The molecule has 4 nitrogen and oxygen atoms in total. The fourth-order valence-corrected chi connectivity index (χ4v) is 3.98. The van der Waals surface area contributed by atoms with Crippen molar-refractivity contribution in [3.63, 3.8) is 0 Å². The Morgan fingerprint density at radius 2 is 2.04 bits per heavy atom. The maximum atomic E-state index is 12.3. The van der Waals surface area contributed by atoms with Crippen LogP contribution in [0.5, 0.6) is 5.75 Å². The highest BCUT2D eigenvalue weighted by Gasteiger charge is 2.22. The lowest BCUT2D eigenvalue weighted by atomic mass is 9.93. The Hall–Kier alpha value is -3.01. The highest BCUT2D eigenvalue weighted by atomic mass is 16.5. The molecule has 0 bridgehead atoms. The number of nitrogens with one attached hydrogen (secondary N) is 1. The van der Waals surface area contributed by atoms with E-state index in [2.05, 4.69) is 30.4 Å². The molecule has 1 unspecified atom stereocenters. The van der Waals surface area contributed by atoms with Crippen LogP contribution in [-0.2, 0) is 17.6 Å². The molecule has 4 rings (SSSR count). The molecule has 2 aromatic carbocycles. The van der Waals surface area contributed by atoms with Crippen LogP contribution >= 0.6 is 0 Å². The van der Waals surface area contributed by atoms with E-state index in [-0.39, 0.29) is 12.0 Å². The van der Waals surface area contributed by atoms with Gasteiger partial charge in [-0.25, -0.2) is 4.79 Å². The Balaban J connectivity index is 1.68. The van der Waals surface area contributed by atoms with Crippen molar-refractivity contribution in [1.29, 1.82) is 0 Å². The summed E-state index contributed by atoms with van der Waals surface area (Å²) in [4.78, 5) is 12.3. The molecule has 0 radical (unpaired) electrons. The quantitative estimate of drug-likeness (QED) is 0.785. The largest absolute Gasteiger partial charge is 0.491 e. The molecule has 144 valence electrons. The molecule has 1 N–H and O–H groups in total. The van der Waals surface area contributed by atoms with Gasteiger partial charge in [-0.15, -0.1) is 0 Å². The van der Waals surface area contributed by atoms with E-state index in [1.54, 1.807) is 0 Å². The molecular weight excluding hydrogens is 350 g/mol. The molecule has 1 aliphatic heterocycles. The molecule has 0 saturated heterocycles. The topological polar surface area (TPSA) is 47.6 Å². The lowest BCUT2D eigenvalue weighted by Crippen LogP contribution is -2.33. The number of ether oxygens (including phenoxy) is 2. The number of methoxy groups -OCH3 is 1. The summed E-state index contributed by atoms with van der Waals surface area (Å²) < 4.78 is 11.2. The molecule has 0 saturated carbocycles.